The zero-order chi connectivity index (χ0) is 23.1. The lowest BCUT2D eigenvalue weighted by Gasteiger charge is -2.26. The summed E-state index contributed by atoms with van der Waals surface area (Å²) >= 11 is 0. The van der Waals surface area contributed by atoms with Gasteiger partial charge in [0.2, 0.25) is 10.0 Å². The van der Waals surface area contributed by atoms with Gasteiger partial charge in [0.1, 0.15) is 0 Å². The lowest BCUT2D eigenvalue weighted by Crippen LogP contribution is -2.40. The van der Waals surface area contributed by atoms with Gasteiger partial charge in [0.05, 0.1) is 18.1 Å². The second-order valence-corrected chi connectivity index (χ2v) is 10.1. The Morgan fingerprint density at radius 2 is 1.62 bits per heavy atom. The first-order valence-electron chi connectivity index (χ1n) is 11.1. The Morgan fingerprint density at radius 3 is 2.19 bits per heavy atom. The Kier molecular flexibility index (Phi) is 8.42. The van der Waals surface area contributed by atoms with Crippen LogP contribution in [0.1, 0.15) is 42.3 Å². The fraction of sp³-hybridized carbons (Fsp3) is 0.458. The van der Waals surface area contributed by atoms with E-state index in [0.717, 1.165) is 18.7 Å². The average molecular weight is 460 g/mol. The van der Waals surface area contributed by atoms with Gasteiger partial charge in [-0.05, 0) is 55.8 Å². The molecule has 1 N–H and O–H groups in total. The Hall–Kier alpha value is -2.26. The predicted molar refractivity (Wildman–Crippen MR) is 125 cm³/mol. The maximum absolute atomic E-state index is 12.7. The van der Waals surface area contributed by atoms with Gasteiger partial charge in [-0.25, -0.2) is 8.42 Å². The molecule has 2 aromatic carbocycles. The fourth-order valence-corrected chi connectivity index (χ4v) is 5.06. The molecule has 0 atom stereocenters. The molecule has 0 aliphatic carbocycles. The van der Waals surface area contributed by atoms with Crippen molar-refractivity contribution >= 4 is 15.9 Å². The van der Waals surface area contributed by atoms with E-state index in [0.29, 0.717) is 44.5 Å². The van der Waals surface area contributed by atoms with E-state index >= 15 is 0 Å². The van der Waals surface area contributed by atoms with Crippen LogP contribution in [0.4, 0.5) is 0 Å². The molecule has 7 nitrogen and oxygen atoms in total. The Labute approximate surface area is 191 Å². The molecule has 32 heavy (non-hydrogen) atoms. The Morgan fingerprint density at radius 1 is 1.03 bits per heavy atom. The van der Waals surface area contributed by atoms with Crippen LogP contribution < -0.4 is 5.32 Å². The molecule has 0 radical (unpaired) electrons. The SMILES string of the molecule is CCN(Cc1ccc(C(=O)NCc2ccc(S(=O)(=O)N3CCOCC3)cc2)cc1)C(C)C. The summed E-state index contributed by atoms with van der Waals surface area (Å²) in [5, 5.41) is 2.90. The molecule has 0 saturated carbocycles. The molecule has 174 valence electrons. The van der Waals surface area contributed by atoms with Gasteiger partial charge < -0.3 is 10.1 Å². The largest absolute Gasteiger partial charge is 0.379 e. The summed E-state index contributed by atoms with van der Waals surface area (Å²) in [5.41, 5.74) is 2.62. The number of hydrogen-bond donors (Lipinski definition) is 1. The first-order chi connectivity index (χ1) is 15.3. The number of ether oxygens (including phenoxy) is 1. The minimum atomic E-state index is -3.51. The summed E-state index contributed by atoms with van der Waals surface area (Å²) in [4.78, 5) is 15.1. The maximum atomic E-state index is 12.7. The van der Waals surface area contributed by atoms with Crippen molar-refractivity contribution in [1.82, 2.24) is 14.5 Å². The summed E-state index contributed by atoms with van der Waals surface area (Å²) in [7, 11) is -3.51. The van der Waals surface area contributed by atoms with Gasteiger partial charge in [-0.15, -0.1) is 0 Å². The smallest absolute Gasteiger partial charge is 0.251 e. The van der Waals surface area contributed by atoms with Crippen LogP contribution in [-0.2, 0) is 27.8 Å². The number of rotatable bonds is 9. The number of nitrogens with one attached hydrogen (secondary N) is 1. The summed E-state index contributed by atoms with van der Waals surface area (Å²) in [5.74, 6) is -0.155. The van der Waals surface area contributed by atoms with Crippen molar-refractivity contribution in [2.24, 2.45) is 0 Å². The van der Waals surface area contributed by atoms with Crippen molar-refractivity contribution in [2.45, 2.75) is 44.8 Å². The molecule has 8 heteroatoms. The quantitative estimate of drug-likeness (QED) is 0.624. The highest BCUT2D eigenvalue weighted by Crippen LogP contribution is 2.18. The molecule has 1 saturated heterocycles. The lowest BCUT2D eigenvalue weighted by molar-refractivity contribution is 0.0730. The lowest BCUT2D eigenvalue weighted by atomic mass is 10.1. The molecular formula is C24H33N3O4S. The molecule has 0 unspecified atom stereocenters. The molecule has 0 spiro atoms. The summed E-state index contributed by atoms with van der Waals surface area (Å²) in [6.07, 6.45) is 0. The van der Waals surface area contributed by atoms with Crippen LogP contribution in [0.15, 0.2) is 53.4 Å². The number of carbonyl (C=O) groups is 1. The van der Waals surface area contributed by atoms with Crippen molar-refractivity contribution in [1.29, 1.82) is 0 Å². The number of sulfonamides is 1. The highest BCUT2D eigenvalue weighted by molar-refractivity contribution is 7.89. The number of morpholine rings is 1. The van der Waals surface area contributed by atoms with Gasteiger partial charge in [0, 0.05) is 37.8 Å². The van der Waals surface area contributed by atoms with Crippen molar-refractivity contribution in [2.75, 3.05) is 32.8 Å². The maximum Gasteiger partial charge on any atom is 0.251 e. The van der Waals surface area contributed by atoms with Crippen LogP contribution in [-0.4, -0.2) is 62.4 Å². The second-order valence-electron chi connectivity index (χ2n) is 8.20. The molecule has 3 rings (SSSR count). The van der Waals surface area contributed by atoms with Gasteiger partial charge in [-0.3, -0.25) is 9.69 Å². The van der Waals surface area contributed by atoms with Gasteiger partial charge >= 0.3 is 0 Å². The number of carbonyl (C=O) groups excluding carboxylic acids is 1. The third-order valence-electron chi connectivity index (χ3n) is 5.72. The van der Waals surface area contributed by atoms with Crippen molar-refractivity contribution in [3.8, 4) is 0 Å². The fourth-order valence-electron chi connectivity index (χ4n) is 3.66. The number of amides is 1. The van der Waals surface area contributed by atoms with Gasteiger partial charge in [-0.2, -0.15) is 4.31 Å². The van der Waals surface area contributed by atoms with E-state index in [1.54, 1.807) is 24.3 Å². The van der Waals surface area contributed by atoms with Crippen LogP contribution in [0.2, 0.25) is 0 Å². The molecule has 1 heterocycles. The molecule has 0 bridgehead atoms. The van der Waals surface area contributed by atoms with Crippen LogP contribution in [0.3, 0.4) is 0 Å². The van der Waals surface area contributed by atoms with E-state index in [9.17, 15) is 13.2 Å². The minimum Gasteiger partial charge on any atom is -0.379 e. The van der Waals surface area contributed by atoms with Crippen molar-refractivity contribution in [3.63, 3.8) is 0 Å². The van der Waals surface area contributed by atoms with E-state index in [1.807, 2.05) is 24.3 Å². The van der Waals surface area contributed by atoms with Crippen molar-refractivity contribution < 1.29 is 17.9 Å². The molecule has 1 aliphatic rings. The van der Waals surface area contributed by atoms with E-state index in [4.69, 9.17) is 4.74 Å². The molecule has 0 aromatic heterocycles. The summed E-state index contributed by atoms with van der Waals surface area (Å²) < 4.78 is 32.1. The third-order valence-corrected chi connectivity index (χ3v) is 7.64. The van der Waals surface area contributed by atoms with Crippen LogP contribution in [0.25, 0.3) is 0 Å². The average Bonchev–Trinajstić information content (AvgIpc) is 2.82. The van der Waals surface area contributed by atoms with Gasteiger partial charge in [0.15, 0.2) is 0 Å². The zero-order valence-corrected chi connectivity index (χ0v) is 19.9. The van der Waals surface area contributed by atoms with E-state index in [1.165, 1.54) is 9.87 Å². The van der Waals surface area contributed by atoms with Crippen LogP contribution in [0.5, 0.6) is 0 Å². The topological polar surface area (TPSA) is 79.0 Å². The van der Waals surface area contributed by atoms with E-state index in [2.05, 4.69) is 31.0 Å². The minimum absolute atomic E-state index is 0.155. The van der Waals surface area contributed by atoms with Crippen LogP contribution in [0, 0.1) is 0 Å². The number of nitrogens with zero attached hydrogens (tertiary/aromatic N) is 2. The zero-order valence-electron chi connectivity index (χ0n) is 19.1. The molecular weight excluding hydrogens is 426 g/mol. The summed E-state index contributed by atoms with van der Waals surface area (Å²) in [6.45, 7) is 10.2. The first-order valence-corrected chi connectivity index (χ1v) is 12.5. The number of benzene rings is 2. The Balaban J connectivity index is 1.55. The normalized spacial score (nSPS) is 15.3. The standard InChI is InChI=1S/C24H33N3O4S/c1-4-26(19(2)3)18-21-5-9-22(10-6-21)24(28)25-17-20-7-11-23(12-8-20)32(29,30)27-13-15-31-16-14-27/h5-12,19H,4,13-18H2,1-3H3,(H,25,28). The monoisotopic (exact) mass is 459 g/mol. The van der Waals surface area contributed by atoms with Crippen molar-refractivity contribution in [3.05, 3.63) is 65.2 Å². The Bertz CT molecular complexity index is 983. The molecule has 1 amide bonds. The predicted octanol–water partition coefficient (Wildman–Crippen LogP) is 2.87. The van der Waals surface area contributed by atoms with Gasteiger partial charge in [0.25, 0.3) is 5.91 Å². The molecule has 1 fully saturated rings. The summed E-state index contributed by atoms with van der Waals surface area (Å²) in [6, 6.07) is 14.8. The number of hydrogen-bond acceptors (Lipinski definition) is 5. The van der Waals surface area contributed by atoms with E-state index in [-0.39, 0.29) is 10.8 Å². The van der Waals surface area contributed by atoms with E-state index < -0.39 is 10.0 Å². The third kappa shape index (κ3) is 6.16. The van der Waals surface area contributed by atoms with Gasteiger partial charge in [-0.1, -0.05) is 31.2 Å². The first kappa shape index (κ1) is 24.4. The van der Waals surface area contributed by atoms with Crippen LogP contribution >= 0.6 is 0 Å². The second kappa shape index (κ2) is 11.0. The molecule has 2 aromatic rings. The molecule has 1 aliphatic heterocycles. The highest BCUT2D eigenvalue weighted by Gasteiger charge is 2.26. The highest BCUT2D eigenvalue weighted by atomic mass is 32.2.